The van der Waals surface area contributed by atoms with E-state index in [1.807, 2.05) is 0 Å². The third kappa shape index (κ3) is 4.77. The van der Waals surface area contributed by atoms with Gasteiger partial charge in [-0.15, -0.1) is 11.3 Å². The van der Waals surface area contributed by atoms with Crippen molar-refractivity contribution < 1.29 is 32.2 Å². The number of anilines is 2. The molecule has 0 fully saturated rings. The lowest BCUT2D eigenvalue weighted by atomic mass is 10.1. The van der Waals surface area contributed by atoms with E-state index >= 15 is 0 Å². The maximum atomic E-state index is 12.8. The lowest BCUT2D eigenvalue weighted by Gasteiger charge is -2.24. The number of fused-ring (bicyclic) bond motifs is 1. The lowest BCUT2D eigenvalue weighted by Crippen LogP contribution is -2.37. The zero-order chi connectivity index (χ0) is 22.8. The summed E-state index contributed by atoms with van der Waals surface area (Å²) in [7, 11) is 0.342. The molecule has 31 heavy (non-hydrogen) atoms. The molecule has 0 atom stereocenters. The zero-order valence-electron chi connectivity index (χ0n) is 17.7. The van der Waals surface area contributed by atoms with Crippen molar-refractivity contribution in [1.82, 2.24) is 0 Å². The summed E-state index contributed by atoms with van der Waals surface area (Å²) in [5, 5.41) is 3.07. The number of thiophene rings is 1. The van der Waals surface area contributed by atoms with Gasteiger partial charge in [-0.1, -0.05) is 0 Å². The molecule has 0 spiro atoms. The summed E-state index contributed by atoms with van der Waals surface area (Å²) in [6.45, 7) is -0.495. The van der Waals surface area contributed by atoms with Crippen molar-refractivity contribution in [3.05, 3.63) is 34.2 Å². The first-order valence-corrected chi connectivity index (χ1v) is 12.1. The highest BCUT2D eigenvalue weighted by Gasteiger charge is 2.30. The average molecular weight is 469 g/mol. The molecule has 1 aliphatic rings. The molecule has 168 valence electrons. The van der Waals surface area contributed by atoms with Crippen LogP contribution in [0.25, 0.3) is 0 Å². The molecule has 0 aliphatic heterocycles. The third-order valence-corrected chi connectivity index (χ3v) is 7.24. The Bertz CT molecular complexity index is 1110. The predicted molar refractivity (Wildman–Crippen MR) is 118 cm³/mol. The summed E-state index contributed by atoms with van der Waals surface area (Å²) in [5.41, 5.74) is 1.44. The van der Waals surface area contributed by atoms with Gasteiger partial charge in [-0.05, 0) is 37.0 Å². The Hall–Kier alpha value is -2.79. The Morgan fingerprint density at radius 3 is 2.52 bits per heavy atom. The van der Waals surface area contributed by atoms with E-state index in [-0.39, 0.29) is 11.4 Å². The zero-order valence-corrected chi connectivity index (χ0v) is 19.3. The van der Waals surface area contributed by atoms with Crippen LogP contribution in [0.5, 0.6) is 11.5 Å². The first kappa shape index (κ1) is 22.9. The monoisotopic (exact) mass is 468 g/mol. The van der Waals surface area contributed by atoms with E-state index < -0.39 is 28.4 Å². The number of rotatable bonds is 8. The molecule has 0 radical (unpaired) electrons. The average Bonchev–Trinajstić information content (AvgIpc) is 3.31. The number of methoxy groups -OCH3 is 3. The topological polar surface area (TPSA) is 111 Å². The van der Waals surface area contributed by atoms with Crippen LogP contribution in [0.15, 0.2) is 18.2 Å². The number of nitrogens with zero attached hydrogens (tertiary/aromatic N) is 1. The Morgan fingerprint density at radius 1 is 1.16 bits per heavy atom. The summed E-state index contributed by atoms with van der Waals surface area (Å²) in [4.78, 5) is 26.1. The molecule has 2 aromatic rings. The number of hydrogen-bond donors (Lipinski definition) is 1. The van der Waals surface area contributed by atoms with E-state index in [4.69, 9.17) is 14.2 Å². The van der Waals surface area contributed by atoms with Crippen LogP contribution in [0.1, 0.15) is 27.2 Å². The highest BCUT2D eigenvalue weighted by atomic mass is 32.2. The van der Waals surface area contributed by atoms with Gasteiger partial charge >= 0.3 is 5.97 Å². The van der Waals surface area contributed by atoms with E-state index in [1.54, 1.807) is 6.07 Å². The van der Waals surface area contributed by atoms with Gasteiger partial charge in [0.05, 0.1) is 38.8 Å². The number of esters is 1. The number of hydrogen-bond acceptors (Lipinski definition) is 8. The Balaban J connectivity index is 1.90. The summed E-state index contributed by atoms with van der Waals surface area (Å²) < 4.78 is 41.2. The van der Waals surface area contributed by atoms with Crippen LogP contribution in [0.4, 0.5) is 10.7 Å². The fourth-order valence-corrected chi connectivity index (χ4v) is 5.63. The summed E-state index contributed by atoms with van der Waals surface area (Å²) in [6.07, 6.45) is 3.52. The third-order valence-electron chi connectivity index (χ3n) is 4.91. The molecule has 0 bridgehead atoms. The second-order valence-electron chi connectivity index (χ2n) is 6.91. The number of nitrogens with one attached hydrogen (secondary N) is 1. The number of carbonyl (C=O) groups excluding carboxylic acids is 2. The molecule has 1 amide bonds. The standard InChI is InChI=1S/C20H24N2O7S2/c1-27-12-8-9-14(15(10-12)28-2)22(31(4,25)26)11-17(23)21-19-18(20(24)29-3)13-6-5-7-16(13)30-19/h8-10H,5-7,11H2,1-4H3,(H,21,23). The molecule has 0 saturated heterocycles. The summed E-state index contributed by atoms with van der Waals surface area (Å²) in [5.74, 6) is -0.392. The lowest BCUT2D eigenvalue weighted by molar-refractivity contribution is -0.114. The van der Waals surface area contributed by atoms with Gasteiger partial charge in [0.2, 0.25) is 15.9 Å². The second-order valence-corrected chi connectivity index (χ2v) is 9.92. The van der Waals surface area contributed by atoms with Crippen molar-refractivity contribution in [2.75, 3.05) is 43.8 Å². The molecule has 9 nitrogen and oxygen atoms in total. The van der Waals surface area contributed by atoms with Gasteiger partial charge in [-0.25, -0.2) is 13.2 Å². The van der Waals surface area contributed by atoms with Crippen LogP contribution >= 0.6 is 11.3 Å². The second kappa shape index (κ2) is 9.15. The van der Waals surface area contributed by atoms with Crippen molar-refractivity contribution in [3.63, 3.8) is 0 Å². The SMILES string of the molecule is COC(=O)c1c(NC(=O)CN(c2ccc(OC)cc2OC)S(C)(=O)=O)sc2c1CCC2. The predicted octanol–water partition coefficient (Wildman–Crippen LogP) is 2.45. The number of sulfonamides is 1. The molecule has 0 saturated carbocycles. The fourth-order valence-electron chi connectivity index (χ4n) is 3.48. The van der Waals surface area contributed by atoms with Gasteiger partial charge in [0, 0.05) is 10.9 Å². The molecule has 1 aliphatic carbocycles. The highest BCUT2D eigenvalue weighted by molar-refractivity contribution is 7.92. The molecule has 1 N–H and O–H groups in total. The van der Waals surface area contributed by atoms with Crippen LogP contribution in [0.3, 0.4) is 0 Å². The Morgan fingerprint density at radius 2 is 1.90 bits per heavy atom. The molecular weight excluding hydrogens is 444 g/mol. The number of carbonyl (C=O) groups is 2. The molecule has 1 aromatic heterocycles. The smallest absolute Gasteiger partial charge is 0.341 e. The largest absolute Gasteiger partial charge is 0.497 e. The minimum Gasteiger partial charge on any atom is -0.497 e. The Kier molecular flexibility index (Phi) is 6.75. The number of benzene rings is 1. The number of aryl methyl sites for hydroxylation is 1. The maximum Gasteiger partial charge on any atom is 0.341 e. The van der Waals surface area contributed by atoms with Crippen LogP contribution in [0, 0.1) is 0 Å². The van der Waals surface area contributed by atoms with Crippen molar-refractivity contribution >= 4 is 43.9 Å². The quantitative estimate of drug-likeness (QED) is 0.592. The van der Waals surface area contributed by atoms with E-state index in [2.05, 4.69) is 5.32 Å². The molecule has 1 aromatic carbocycles. The molecule has 1 heterocycles. The van der Waals surface area contributed by atoms with Crippen molar-refractivity contribution in [2.24, 2.45) is 0 Å². The minimum atomic E-state index is -3.82. The van der Waals surface area contributed by atoms with Crippen LogP contribution in [-0.4, -0.2) is 54.4 Å². The summed E-state index contributed by atoms with van der Waals surface area (Å²) in [6, 6.07) is 4.61. The minimum absolute atomic E-state index is 0.197. The van der Waals surface area contributed by atoms with Crippen molar-refractivity contribution in [3.8, 4) is 11.5 Å². The van der Waals surface area contributed by atoms with Crippen molar-refractivity contribution in [1.29, 1.82) is 0 Å². The van der Waals surface area contributed by atoms with Crippen LogP contribution in [0.2, 0.25) is 0 Å². The van der Waals surface area contributed by atoms with E-state index in [9.17, 15) is 18.0 Å². The van der Waals surface area contributed by atoms with Gasteiger partial charge in [0.15, 0.2) is 0 Å². The molecule has 0 unspecified atom stereocenters. The van der Waals surface area contributed by atoms with Crippen LogP contribution in [-0.2, 0) is 32.4 Å². The van der Waals surface area contributed by atoms with Gasteiger partial charge < -0.3 is 19.5 Å². The van der Waals surface area contributed by atoms with E-state index in [1.165, 1.54) is 44.8 Å². The summed E-state index contributed by atoms with van der Waals surface area (Å²) >= 11 is 1.32. The molecular formula is C20H24N2O7S2. The van der Waals surface area contributed by atoms with Crippen LogP contribution < -0.4 is 19.1 Å². The van der Waals surface area contributed by atoms with Gasteiger partial charge in [0.1, 0.15) is 23.0 Å². The van der Waals surface area contributed by atoms with Crippen molar-refractivity contribution in [2.45, 2.75) is 19.3 Å². The molecule has 3 rings (SSSR count). The Labute approximate surface area is 185 Å². The van der Waals surface area contributed by atoms with Gasteiger partial charge in [0.25, 0.3) is 0 Å². The maximum absolute atomic E-state index is 12.8. The molecule has 11 heteroatoms. The first-order valence-electron chi connectivity index (χ1n) is 9.42. The first-order chi connectivity index (χ1) is 14.7. The van der Waals surface area contributed by atoms with E-state index in [0.29, 0.717) is 16.3 Å². The number of ether oxygens (including phenoxy) is 3. The fraction of sp³-hybridized carbons (Fsp3) is 0.400. The highest BCUT2D eigenvalue weighted by Crippen LogP contribution is 2.39. The van der Waals surface area contributed by atoms with Gasteiger partial charge in [-0.3, -0.25) is 9.10 Å². The number of amides is 1. The van der Waals surface area contributed by atoms with E-state index in [0.717, 1.165) is 40.3 Å². The normalized spacial score (nSPS) is 12.8. The van der Waals surface area contributed by atoms with Gasteiger partial charge in [-0.2, -0.15) is 0 Å².